The van der Waals surface area contributed by atoms with Gasteiger partial charge in [0.2, 0.25) is 0 Å². The standard InChI is InChI=1S/C14H15BrF2N4/c1-3-4-18-13-8(2)14(20-7-19-13)21-12-6-10(16)9(15)5-11(12)17/h5-7H,3-4H2,1-2H3,(H2,18,19,20,21). The van der Waals surface area contributed by atoms with E-state index in [1.807, 2.05) is 13.8 Å². The lowest BCUT2D eigenvalue weighted by atomic mass is 10.2. The van der Waals surface area contributed by atoms with E-state index in [1.54, 1.807) is 0 Å². The molecule has 1 aromatic carbocycles. The van der Waals surface area contributed by atoms with Crippen molar-refractivity contribution in [2.75, 3.05) is 17.2 Å². The highest BCUT2D eigenvalue weighted by molar-refractivity contribution is 9.10. The summed E-state index contributed by atoms with van der Waals surface area (Å²) in [6.45, 7) is 4.63. The molecule has 0 atom stereocenters. The number of hydrogen-bond donors (Lipinski definition) is 2. The van der Waals surface area contributed by atoms with Crippen molar-refractivity contribution in [2.45, 2.75) is 20.3 Å². The van der Waals surface area contributed by atoms with Crippen molar-refractivity contribution in [1.82, 2.24) is 9.97 Å². The second-order valence-electron chi connectivity index (χ2n) is 4.49. The first-order chi connectivity index (χ1) is 10.0. The molecule has 2 N–H and O–H groups in total. The molecule has 1 heterocycles. The van der Waals surface area contributed by atoms with Gasteiger partial charge in [-0.25, -0.2) is 18.7 Å². The Hall–Kier alpha value is -1.76. The Morgan fingerprint density at radius 2 is 1.86 bits per heavy atom. The number of halogens is 3. The molecule has 21 heavy (non-hydrogen) atoms. The summed E-state index contributed by atoms with van der Waals surface area (Å²) in [5, 5.41) is 5.96. The van der Waals surface area contributed by atoms with Crippen LogP contribution in [0.25, 0.3) is 0 Å². The van der Waals surface area contributed by atoms with E-state index in [4.69, 9.17) is 0 Å². The molecule has 0 saturated heterocycles. The van der Waals surface area contributed by atoms with Gasteiger partial charge in [0.1, 0.15) is 29.6 Å². The van der Waals surface area contributed by atoms with Crippen LogP contribution in [0.2, 0.25) is 0 Å². The molecule has 0 spiro atoms. The Kier molecular flexibility index (Phi) is 5.06. The van der Waals surface area contributed by atoms with Crippen molar-refractivity contribution in [1.29, 1.82) is 0 Å². The number of hydrogen-bond acceptors (Lipinski definition) is 4. The summed E-state index contributed by atoms with van der Waals surface area (Å²) in [5.41, 5.74) is 0.771. The van der Waals surface area contributed by atoms with Gasteiger partial charge in [0.05, 0.1) is 10.2 Å². The first-order valence-electron chi connectivity index (χ1n) is 6.50. The first-order valence-corrected chi connectivity index (χ1v) is 7.29. The maximum atomic E-state index is 13.8. The molecule has 0 radical (unpaired) electrons. The van der Waals surface area contributed by atoms with Crippen molar-refractivity contribution in [3.63, 3.8) is 0 Å². The zero-order chi connectivity index (χ0) is 15.4. The summed E-state index contributed by atoms with van der Waals surface area (Å²) in [5.74, 6) is -0.00383. The average Bonchev–Trinajstić information content (AvgIpc) is 2.45. The fraction of sp³-hybridized carbons (Fsp3) is 0.286. The number of anilines is 3. The van der Waals surface area contributed by atoms with Crippen LogP contribution < -0.4 is 10.6 Å². The Bertz CT molecular complexity index is 649. The fourth-order valence-electron chi connectivity index (χ4n) is 1.74. The molecule has 7 heteroatoms. The minimum atomic E-state index is -0.565. The largest absolute Gasteiger partial charge is 0.370 e. The smallest absolute Gasteiger partial charge is 0.148 e. The van der Waals surface area contributed by atoms with Gasteiger partial charge in [0, 0.05) is 18.2 Å². The molecule has 0 aliphatic rings. The lowest BCUT2D eigenvalue weighted by molar-refractivity contribution is 0.597. The van der Waals surface area contributed by atoms with Crippen LogP contribution in [0, 0.1) is 18.6 Å². The summed E-state index contributed by atoms with van der Waals surface area (Å²) in [7, 11) is 0. The van der Waals surface area contributed by atoms with Gasteiger partial charge in [-0.1, -0.05) is 6.92 Å². The number of nitrogens with one attached hydrogen (secondary N) is 2. The second kappa shape index (κ2) is 6.80. The Balaban J connectivity index is 2.29. The van der Waals surface area contributed by atoms with E-state index in [0.717, 1.165) is 30.7 Å². The summed E-state index contributed by atoms with van der Waals surface area (Å²) < 4.78 is 27.4. The SMILES string of the molecule is CCCNc1ncnc(Nc2cc(F)c(Br)cc2F)c1C. The zero-order valence-corrected chi connectivity index (χ0v) is 13.3. The van der Waals surface area contributed by atoms with Crippen LogP contribution in [-0.4, -0.2) is 16.5 Å². The number of nitrogens with zero attached hydrogens (tertiary/aromatic N) is 2. The highest BCUT2D eigenvalue weighted by atomic mass is 79.9. The highest BCUT2D eigenvalue weighted by Crippen LogP contribution is 2.27. The van der Waals surface area contributed by atoms with Gasteiger partial charge in [-0.15, -0.1) is 0 Å². The monoisotopic (exact) mass is 356 g/mol. The topological polar surface area (TPSA) is 49.8 Å². The molecule has 0 aliphatic carbocycles. The molecule has 2 aromatic rings. The van der Waals surface area contributed by atoms with Crippen molar-refractivity contribution >= 4 is 33.3 Å². The van der Waals surface area contributed by atoms with Gasteiger partial charge in [-0.3, -0.25) is 0 Å². The minimum absolute atomic E-state index is 0.0268. The Morgan fingerprint density at radius 1 is 1.14 bits per heavy atom. The second-order valence-corrected chi connectivity index (χ2v) is 5.35. The lowest BCUT2D eigenvalue weighted by Crippen LogP contribution is -2.07. The fourth-order valence-corrected chi connectivity index (χ4v) is 2.06. The maximum Gasteiger partial charge on any atom is 0.148 e. The van der Waals surface area contributed by atoms with Crippen LogP contribution in [-0.2, 0) is 0 Å². The summed E-state index contributed by atoms with van der Waals surface area (Å²) in [4.78, 5) is 8.21. The molecule has 0 fully saturated rings. The van der Waals surface area contributed by atoms with E-state index in [1.165, 1.54) is 6.33 Å². The molecule has 2 rings (SSSR count). The van der Waals surface area contributed by atoms with Gasteiger partial charge in [-0.05, 0) is 35.3 Å². The van der Waals surface area contributed by atoms with Gasteiger partial charge in [0.25, 0.3) is 0 Å². The third-order valence-electron chi connectivity index (χ3n) is 2.89. The van der Waals surface area contributed by atoms with E-state index in [9.17, 15) is 8.78 Å². The zero-order valence-electron chi connectivity index (χ0n) is 11.7. The Morgan fingerprint density at radius 3 is 2.57 bits per heavy atom. The number of rotatable bonds is 5. The van der Waals surface area contributed by atoms with Crippen LogP contribution in [0.1, 0.15) is 18.9 Å². The van der Waals surface area contributed by atoms with E-state index < -0.39 is 11.6 Å². The van der Waals surface area contributed by atoms with Crippen molar-refractivity contribution in [2.24, 2.45) is 0 Å². The minimum Gasteiger partial charge on any atom is -0.370 e. The molecular formula is C14H15BrF2N4. The van der Waals surface area contributed by atoms with Crippen LogP contribution >= 0.6 is 15.9 Å². The molecule has 0 amide bonds. The predicted molar refractivity (Wildman–Crippen MR) is 82.9 cm³/mol. The molecule has 0 aliphatic heterocycles. The highest BCUT2D eigenvalue weighted by Gasteiger charge is 2.12. The van der Waals surface area contributed by atoms with Crippen LogP contribution in [0.5, 0.6) is 0 Å². The molecule has 112 valence electrons. The number of aromatic nitrogens is 2. The molecule has 0 saturated carbocycles. The van der Waals surface area contributed by atoms with Crippen molar-refractivity contribution in [3.05, 3.63) is 40.1 Å². The van der Waals surface area contributed by atoms with E-state index in [0.29, 0.717) is 11.6 Å². The first kappa shape index (κ1) is 15.6. The third-order valence-corrected chi connectivity index (χ3v) is 3.50. The quantitative estimate of drug-likeness (QED) is 0.780. The summed E-state index contributed by atoms with van der Waals surface area (Å²) in [6, 6.07) is 2.16. The predicted octanol–water partition coefficient (Wildman–Crippen LogP) is 4.39. The van der Waals surface area contributed by atoms with Crippen LogP contribution in [0.4, 0.5) is 26.1 Å². The molecule has 1 aromatic heterocycles. The van der Waals surface area contributed by atoms with Gasteiger partial charge in [-0.2, -0.15) is 0 Å². The Labute approximate surface area is 130 Å². The van der Waals surface area contributed by atoms with Gasteiger partial charge >= 0.3 is 0 Å². The van der Waals surface area contributed by atoms with Crippen LogP contribution in [0.3, 0.4) is 0 Å². The summed E-state index contributed by atoms with van der Waals surface area (Å²) >= 11 is 2.94. The normalized spacial score (nSPS) is 10.5. The molecule has 0 unspecified atom stereocenters. The van der Waals surface area contributed by atoms with Crippen LogP contribution in [0.15, 0.2) is 22.9 Å². The number of benzene rings is 1. The van der Waals surface area contributed by atoms with E-state index in [-0.39, 0.29) is 10.2 Å². The van der Waals surface area contributed by atoms with Gasteiger partial charge < -0.3 is 10.6 Å². The average molecular weight is 357 g/mol. The van der Waals surface area contributed by atoms with Gasteiger partial charge in [0.15, 0.2) is 0 Å². The molecule has 0 bridgehead atoms. The van der Waals surface area contributed by atoms with Crippen molar-refractivity contribution in [3.8, 4) is 0 Å². The molecule has 4 nitrogen and oxygen atoms in total. The van der Waals surface area contributed by atoms with E-state index >= 15 is 0 Å². The molecular weight excluding hydrogens is 342 g/mol. The van der Waals surface area contributed by atoms with Crippen molar-refractivity contribution < 1.29 is 8.78 Å². The maximum absolute atomic E-state index is 13.8. The third kappa shape index (κ3) is 3.66. The lowest BCUT2D eigenvalue weighted by Gasteiger charge is -2.13. The summed E-state index contributed by atoms with van der Waals surface area (Å²) in [6.07, 6.45) is 2.33. The van der Waals surface area contributed by atoms with E-state index in [2.05, 4.69) is 36.5 Å².